The van der Waals surface area contributed by atoms with Crippen LogP contribution in [0.2, 0.25) is 0 Å². The molecule has 14 heavy (non-hydrogen) atoms. The molecule has 0 aliphatic rings. The number of nitrogens with one attached hydrogen (secondary N) is 1. The molecule has 4 heteroatoms. The summed E-state index contributed by atoms with van der Waals surface area (Å²) in [7, 11) is 1.62. The Bertz CT molecular complexity index is 127. The number of carbonyl (C=O) groups is 1. The van der Waals surface area contributed by atoms with Gasteiger partial charge in [0.15, 0.2) is 0 Å². The van der Waals surface area contributed by atoms with E-state index >= 15 is 0 Å². The van der Waals surface area contributed by atoms with Crippen molar-refractivity contribution in [1.82, 2.24) is 0 Å². The average Bonchev–Trinajstić information content (AvgIpc) is 2.01. The Morgan fingerprint density at radius 3 is 2.36 bits per heavy atom. The molecular weight excluding hydrogens is 182 g/mol. The third-order valence-electron chi connectivity index (χ3n) is 1.41. The van der Waals surface area contributed by atoms with Crippen molar-refractivity contribution in [3.63, 3.8) is 0 Å². The second kappa shape index (κ2) is 18.1. The third kappa shape index (κ3) is 17.4. The van der Waals surface area contributed by atoms with Gasteiger partial charge in [-0.2, -0.15) is 0 Å². The van der Waals surface area contributed by atoms with Crippen molar-refractivity contribution >= 4 is 12.0 Å². The lowest BCUT2D eigenvalue weighted by Crippen LogP contribution is -2.01. The van der Waals surface area contributed by atoms with Crippen molar-refractivity contribution in [3.05, 3.63) is 0 Å². The second-order valence-corrected chi connectivity index (χ2v) is 2.41. The van der Waals surface area contributed by atoms with Gasteiger partial charge in [-0.15, -0.1) is 0 Å². The lowest BCUT2D eigenvalue weighted by molar-refractivity contribution is -0.107. The Balaban J connectivity index is -0.000000167. The first-order valence-electron chi connectivity index (χ1n) is 3.80. The summed E-state index contributed by atoms with van der Waals surface area (Å²) in [4.78, 5) is 9.91. The van der Waals surface area contributed by atoms with Gasteiger partial charge < -0.3 is 20.4 Å². The van der Waals surface area contributed by atoms with Crippen molar-refractivity contribution in [2.45, 2.75) is 40.5 Å². The normalized spacial score (nSPS) is 7.50. The molecule has 0 atom stereocenters. The first-order chi connectivity index (χ1) is 5.31. The topological polar surface area (TPSA) is 81.7 Å². The summed E-state index contributed by atoms with van der Waals surface area (Å²) in [6.45, 7) is 0.611. The van der Waals surface area contributed by atoms with Crippen LogP contribution in [0.25, 0.3) is 0 Å². The molecule has 0 unspecified atom stereocenters. The number of hydrogen-bond acceptors (Lipinski definition) is 3. The van der Waals surface area contributed by atoms with Crippen molar-refractivity contribution in [1.29, 1.82) is 5.41 Å². The quantitative estimate of drug-likeness (QED) is 0.392. The molecule has 0 radical (unpaired) electrons. The Kier molecular flexibility index (Phi) is 30.1. The van der Waals surface area contributed by atoms with Gasteiger partial charge in [0.25, 0.3) is 0 Å². The SMILES string of the molecule is C.C.COCCC(=N)CCCC=O.O. The number of carbonyl (C=O) groups excluding carboxylic acids is 1. The fraction of sp³-hybridized carbons (Fsp3) is 0.800. The van der Waals surface area contributed by atoms with Crippen molar-refractivity contribution in [3.8, 4) is 0 Å². The maximum atomic E-state index is 9.91. The molecule has 0 aliphatic heterocycles. The van der Waals surface area contributed by atoms with Crippen LogP contribution in [0, 0.1) is 5.41 Å². The second-order valence-electron chi connectivity index (χ2n) is 2.41. The van der Waals surface area contributed by atoms with E-state index in [1.165, 1.54) is 0 Å². The standard InChI is InChI=1S/C8H15NO2.2CH4.H2O/c1-11-7-5-8(9)4-2-3-6-10;;;/h6,9H,2-5,7H2,1H3;2*1H4;1H2. The number of rotatable bonds is 7. The van der Waals surface area contributed by atoms with Gasteiger partial charge in [0.05, 0.1) is 6.61 Å². The van der Waals surface area contributed by atoms with Gasteiger partial charge >= 0.3 is 0 Å². The zero-order chi connectivity index (χ0) is 8.53. The minimum atomic E-state index is 0. The van der Waals surface area contributed by atoms with E-state index in [2.05, 4.69) is 0 Å². The van der Waals surface area contributed by atoms with Gasteiger partial charge in [0.1, 0.15) is 6.29 Å². The Labute approximate surface area is 87.5 Å². The fourth-order valence-electron chi connectivity index (χ4n) is 0.749. The molecule has 3 N–H and O–H groups in total. The molecule has 0 bridgehead atoms. The van der Waals surface area contributed by atoms with E-state index in [-0.39, 0.29) is 20.3 Å². The van der Waals surface area contributed by atoms with E-state index in [1.54, 1.807) is 7.11 Å². The van der Waals surface area contributed by atoms with E-state index in [0.717, 1.165) is 19.1 Å². The van der Waals surface area contributed by atoms with Crippen LogP contribution in [0.5, 0.6) is 0 Å². The summed E-state index contributed by atoms with van der Waals surface area (Å²) in [5, 5.41) is 7.37. The number of hydrogen-bond donors (Lipinski definition) is 1. The highest BCUT2D eigenvalue weighted by Gasteiger charge is 1.95. The van der Waals surface area contributed by atoms with Crippen LogP contribution >= 0.6 is 0 Å². The van der Waals surface area contributed by atoms with Crippen molar-refractivity contribution < 1.29 is 15.0 Å². The highest BCUT2D eigenvalue weighted by Crippen LogP contribution is 1.97. The summed E-state index contributed by atoms with van der Waals surface area (Å²) in [6, 6.07) is 0. The molecule has 0 aromatic carbocycles. The molecule has 0 fully saturated rings. The van der Waals surface area contributed by atoms with E-state index < -0.39 is 0 Å². The van der Waals surface area contributed by atoms with Gasteiger partial charge in [-0.3, -0.25) is 0 Å². The zero-order valence-corrected chi connectivity index (χ0v) is 7.43. The Morgan fingerprint density at radius 2 is 1.93 bits per heavy atom. The molecule has 0 aliphatic carbocycles. The molecule has 0 saturated carbocycles. The molecule has 0 saturated heterocycles. The molecule has 0 rings (SSSR count). The van der Waals surface area contributed by atoms with E-state index in [9.17, 15) is 4.79 Å². The van der Waals surface area contributed by atoms with Crippen molar-refractivity contribution in [2.75, 3.05) is 13.7 Å². The van der Waals surface area contributed by atoms with Crippen LogP contribution in [0.4, 0.5) is 0 Å². The summed E-state index contributed by atoms with van der Waals surface area (Å²) in [5.41, 5.74) is 0.675. The first-order valence-corrected chi connectivity index (χ1v) is 3.80. The maximum absolute atomic E-state index is 9.91. The lowest BCUT2D eigenvalue weighted by atomic mass is 10.1. The summed E-state index contributed by atoms with van der Waals surface area (Å²) in [5.74, 6) is 0. The van der Waals surface area contributed by atoms with Gasteiger partial charge in [0, 0.05) is 25.7 Å². The smallest absolute Gasteiger partial charge is 0.120 e. The first kappa shape index (κ1) is 23.2. The van der Waals surface area contributed by atoms with Crippen LogP contribution in [-0.4, -0.2) is 31.2 Å². The molecule has 0 spiro atoms. The molecular formula is C10H25NO3. The highest BCUT2D eigenvalue weighted by molar-refractivity contribution is 5.81. The van der Waals surface area contributed by atoms with Gasteiger partial charge in [-0.25, -0.2) is 0 Å². The minimum Gasteiger partial charge on any atom is -0.412 e. The summed E-state index contributed by atoms with van der Waals surface area (Å²) in [6.07, 6.45) is 3.67. The number of ether oxygens (including phenoxy) is 1. The monoisotopic (exact) mass is 207 g/mol. The van der Waals surface area contributed by atoms with Gasteiger partial charge in [-0.05, 0) is 12.8 Å². The van der Waals surface area contributed by atoms with E-state index in [1.807, 2.05) is 0 Å². The van der Waals surface area contributed by atoms with Crippen molar-refractivity contribution in [2.24, 2.45) is 0 Å². The van der Waals surface area contributed by atoms with Crippen LogP contribution in [-0.2, 0) is 9.53 Å². The average molecular weight is 207 g/mol. The fourth-order valence-corrected chi connectivity index (χ4v) is 0.749. The predicted molar refractivity (Wildman–Crippen MR) is 61.2 cm³/mol. The number of unbranched alkanes of at least 4 members (excludes halogenated alkanes) is 1. The summed E-state index contributed by atoms with van der Waals surface area (Å²) < 4.78 is 4.81. The van der Waals surface area contributed by atoms with Gasteiger partial charge in [0.2, 0.25) is 0 Å². The summed E-state index contributed by atoms with van der Waals surface area (Å²) >= 11 is 0. The molecule has 88 valence electrons. The molecule has 0 amide bonds. The Morgan fingerprint density at radius 1 is 1.36 bits per heavy atom. The number of methoxy groups -OCH3 is 1. The molecule has 4 nitrogen and oxygen atoms in total. The molecule has 0 heterocycles. The molecule has 0 aromatic heterocycles. The maximum Gasteiger partial charge on any atom is 0.120 e. The number of aldehydes is 1. The van der Waals surface area contributed by atoms with Crippen LogP contribution in [0.3, 0.4) is 0 Å². The Hall–Kier alpha value is -0.740. The highest BCUT2D eigenvalue weighted by atomic mass is 16.5. The van der Waals surface area contributed by atoms with Crippen LogP contribution in [0.1, 0.15) is 40.5 Å². The van der Waals surface area contributed by atoms with Crippen LogP contribution in [0.15, 0.2) is 0 Å². The lowest BCUT2D eigenvalue weighted by Gasteiger charge is -2.00. The minimum absolute atomic E-state index is 0. The van der Waals surface area contributed by atoms with Gasteiger partial charge in [-0.1, -0.05) is 14.9 Å². The zero-order valence-electron chi connectivity index (χ0n) is 7.43. The molecule has 0 aromatic rings. The predicted octanol–water partition coefficient (Wildman–Crippen LogP) is 1.86. The van der Waals surface area contributed by atoms with E-state index in [0.29, 0.717) is 25.2 Å². The van der Waals surface area contributed by atoms with Crippen LogP contribution < -0.4 is 0 Å². The third-order valence-corrected chi connectivity index (χ3v) is 1.41. The van der Waals surface area contributed by atoms with E-state index in [4.69, 9.17) is 10.1 Å². The largest absolute Gasteiger partial charge is 0.412 e.